The molecule has 0 N–H and O–H groups in total. The molecule has 0 amide bonds. The van der Waals surface area contributed by atoms with E-state index in [-0.39, 0.29) is 30.4 Å². The average Bonchev–Trinajstić information content (AvgIpc) is 2.85. The molecule has 0 saturated heterocycles. The fourth-order valence-electron chi connectivity index (χ4n) is 3.42. The third-order valence-corrected chi connectivity index (χ3v) is 6.18. The summed E-state index contributed by atoms with van der Waals surface area (Å²) in [5, 5.41) is 2.72. The van der Waals surface area contributed by atoms with Gasteiger partial charge in [-0.25, -0.2) is 0 Å². The van der Waals surface area contributed by atoms with Crippen molar-refractivity contribution in [2.45, 2.75) is 53.1 Å². The molecular weight excluding hydrogens is 397 g/mol. The summed E-state index contributed by atoms with van der Waals surface area (Å²) in [5.74, 6) is 0. The number of hydrogen-bond donors (Lipinski definition) is 0. The predicted molar refractivity (Wildman–Crippen MR) is 100 cm³/mol. The summed E-state index contributed by atoms with van der Waals surface area (Å²) >= 11 is 2.23. The van der Waals surface area contributed by atoms with Crippen LogP contribution in [0.2, 0.25) is 0 Å². The van der Waals surface area contributed by atoms with Crippen molar-refractivity contribution in [3.63, 3.8) is 0 Å². The summed E-state index contributed by atoms with van der Waals surface area (Å²) in [7, 11) is 0. The van der Waals surface area contributed by atoms with Gasteiger partial charge in [-0.1, -0.05) is 0 Å². The minimum Gasteiger partial charge on any atom is -1.00 e. The number of fused-ring (bicyclic) bond motifs is 1. The Morgan fingerprint density at radius 2 is 1.65 bits per heavy atom. The zero-order chi connectivity index (χ0) is 17.5. The van der Waals surface area contributed by atoms with Crippen LogP contribution in [0.3, 0.4) is 0 Å². The summed E-state index contributed by atoms with van der Waals surface area (Å²) in [6, 6.07) is 13.4. The molecule has 0 bridgehead atoms. The molecular formula is C22H26Cl2NTi. The van der Waals surface area contributed by atoms with Crippen LogP contribution >= 0.6 is 0 Å². The summed E-state index contributed by atoms with van der Waals surface area (Å²) in [6.07, 6.45) is 3.41. The molecule has 0 spiro atoms. The second-order valence-corrected chi connectivity index (χ2v) is 8.74. The largest absolute Gasteiger partial charge is 1.00 e. The molecule has 2 aromatic rings. The van der Waals surface area contributed by atoms with E-state index >= 15 is 0 Å². The fourth-order valence-corrected chi connectivity index (χ4v) is 3.66. The Labute approximate surface area is 182 Å². The van der Waals surface area contributed by atoms with E-state index in [0.29, 0.717) is 0 Å². The van der Waals surface area contributed by atoms with Gasteiger partial charge in [0.05, 0.1) is 0 Å². The van der Waals surface area contributed by atoms with Crippen LogP contribution in [0.25, 0.3) is 16.3 Å². The van der Waals surface area contributed by atoms with E-state index in [1.807, 2.05) is 0 Å². The molecule has 3 rings (SSSR count). The number of halogens is 2. The first-order valence-corrected chi connectivity index (χ1v) is 9.34. The molecule has 0 unspecified atom stereocenters. The van der Waals surface area contributed by atoms with E-state index in [9.17, 15) is 0 Å². The van der Waals surface area contributed by atoms with Gasteiger partial charge in [-0.2, -0.15) is 0 Å². The van der Waals surface area contributed by atoms with Gasteiger partial charge in [-0.15, -0.1) is 0 Å². The van der Waals surface area contributed by atoms with E-state index in [0.717, 1.165) is 13.0 Å². The molecule has 0 heterocycles. The van der Waals surface area contributed by atoms with E-state index in [2.05, 4.69) is 101 Å². The van der Waals surface area contributed by atoms with Gasteiger partial charge in [0.25, 0.3) is 0 Å². The maximum Gasteiger partial charge on any atom is -1.00 e. The molecule has 0 aliphatic heterocycles. The maximum absolute atomic E-state index is 2.45. The zero-order valence-corrected chi connectivity index (χ0v) is 19.2. The van der Waals surface area contributed by atoms with Crippen molar-refractivity contribution in [1.29, 1.82) is 0 Å². The minimum atomic E-state index is 0. The summed E-state index contributed by atoms with van der Waals surface area (Å²) in [6.45, 7) is 12.3. The van der Waals surface area contributed by atoms with Crippen LogP contribution in [0, 0.1) is 0 Å². The molecule has 1 nitrogen and oxygen atoms in total. The molecule has 137 valence electrons. The zero-order valence-electron chi connectivity index (χ0n) is 16.2. The van der Waals surface area contributed by atoms with Crippen molar-refractivity contribution in [2.75, 3.05) is 0 Å². The monoisotopic (exact) mass is 422 g/mol. The molecule has 1 aliphatic rings. The van der Waals surface area contributed by atoms with Gasteiger partial charge < -0.3 is 24.8 Å². The third kappa shape index (κ3) is 4.83. The van der Waals surface area contributed by atoms with Gasteiger partial charge in [0.15, 0.2) is 0 Å². The molecule has 0 saturated carbocycles. The van der Waals surface area contributed by atoms with E-state index in [1.54, 1.807) is 0 Å². The number of benzene rings is 2. The van der Waals surface area contributed by atoms with Crippen LogP contribution in [0.4, 0.5) is 0 Å². The van der Waals surface area contributed by atoms with E-state index in [1.165, 1.54) is 38.6 Å². The van der Waals surface area contributed by atoms with E-state index in [4.69, 9.17) is 0 Å². The Hall–Kier alpha value is -0.566. The molecule has 26 heavy (non-hydrogen) atoms. The van der Waals surface area contributed by atoms with Crippen LogP contribution in [-0.2, 0) is 27.2 Å². The normalized spacial score (nSPS) is 14.4. The third-order valence-electron chi connectivity index (χ3n) is 4.89. The molecule has 0 radical (unpaired) electrons. The second kappa shape index (κ2) is 9.08. The Kier molecular flexibility index (Phi) is 8.20. The first-order chi connectivity index (χ1) is 11.3. The van der Waals surface area contributed by atoms with Crippen molar-refractivity contribution in [2.24, 2.45) is 0 Å². The van der Waals surface area contributed by atoms with Crippen LogP contribution in [0.15, 0.2) is 53.6 Å². The van der Waals surface area contributed by atoms with Crippen molar-refractivity contribution < 1.29 is 45.5 Å². The van der Waals surface area contributed by atoms with Gasteiger partial charge in [-0.05, 0) is 0 Å². The van der Waals surface area contributed by atoms with Gasteiger partial charge >= 0.3 is 158 Å². The standard InChI is InChI=1S/C22H26N.2ClH.Ti/c1-15-12-16(2)20(13-15)19-11-10-17-8-6-7-9-18(17)21(19)14-23-22(3,4)5;;;/h6-12H,13-14H2,1-5H3;2*1H;/q-1;;;+3/p-2. The van der Waals surface area contributed by atoms with Gasteiger partial charge in [0.2, 0.25) is 0 Å². The molecule has 0 atom stereocenters. The summed E-state index contributed by atoms with van der Waals surface area (Å²) in [4.78, 5) is 0. The SMILES string of the molecule is CC1=CC(C)=C(c2ccc3ccccc3c2C[N]([Ti+2])C(C)(C)C)C1.[Cl-].[Cl-]. The predicted octanol–water partition coefficient (Wildman–Crippen LogP) is 0.0336. The van der Waals surface area contributed by atoms with Crippen LogP contribution in [0.1, 0.15) is 52.2 Å². The molecule has 2 aromatic carbocycles. The quantitative estimate of drug-likeness (QED) is 0.631. The van der Waals surface area contributed by atoms with Crippen LogP contribution < -0.4 is 24.8 Å². The van der Waals surface area contributed by atoms with Crippen LogP contribution in [-0.4, -0.2) is 8.92 Å². The van der Waals surface area contributed by atoms with Crippen molar-refractivity contribution in [1.82, 2.24) is 3.38 Å². The van der Waals surface area contributed by atoms with Gasteiger partial charge in [0.1, 0.15) is 0 Å². The van der Waals surface area contributed by atoms with Gasteiger partial charge in [-0.3, -0.25) is 0 Å². The van der Waals surface area contributed by atoms with Crippen molar-refractivity contribution in [3.8, 4) is 0 Å². The Morgan fingerprint density at radius 3 is 2.23 bits per heavy atom. The van der Waals surface area contributed by atoms with Crippen LogP contribution in [0.5, 0.6) is 0 Å². The first-order valence-electron chi connectivity index (χ1n) is 8.64. The number of allylic oxidation sites excluding steroid dienone is 4. The maximum atomic E-state index is 2.45. The summed E-state index contributed by atoms with van der Waals surface area (Å²) < 4.78 is 2.45. The Balaban J connectivity index is 0.00000169. The molecule has 0 aromatic heterocycles. The topological polar surface area (TPSA) is 3.24 Å². The van der Waals surface area contributed by atoms with Crippen molar-refractivity contribution in [3.05, 3.63) is 64.7 Å². The number of nitrogens with zero attached hydrogens (tertiary/aromatic N) is 1. The first kappa shape index (κ1) is 23.5. The van der Waals surface area contributed by atoms with E-state index < -0.39 is 0 Å². The number of hydrogen-bond acceptors (Lipinski definition) is 1. The Morgan fingerprint density at radius 1 is 1.00 bits per heavy atom. The summed E-state index contributed by atoms with van der Waals surface area (Å²) in [5.41, 5.74) is 7.42. The molecule has 1 aliphatic carbocycles. The van der Waals surface area contributed by atoms with Gasteiger partial charge in [0, 0.05) is 0 Å². The smallest absolute Gasteiger partial charge is 1.00 e. The second-order valence-electron chi connectivity index (χ2n) is 7.90. The molecule has 4 heteroatoms. The number of rotatable bonds is 3. The van der Waals surface area contributed by atoms with Crippen molar-refractivity contribution >= 4 is 16.3 Å². The average molecular weight is 423 g/mol. The minimum absolute atomic E-state index is 0. The Bertz CT molecular complexity index is 847. The molecule has 0 fully saturated rings. The fraction of sp³-hybridized carbons (Fsp3) is 0.364.